The Balaban J connectivity index is 1.06. The molecule has 6 heterocycles. The van der Waals surface area contributed by atoms with Crippen LogP contribution in [-0.2, 0) is 17.6 Å². The van der Waals surface area contributed by atoms with Crippen LogP contribution >= 0.6 is 0 Å². The van der Waals surface area contributed by atoms with Crippen molar-refractivity contribution in [3.63, 3.8) is 0 Å². The predicted octanol–water partition coefficient (Wildman–Crippen LogP) is 6.09. The molecule has 2 saturated heterocycles. The quantitative estimate of drug-likeness (QED) is 0.277. The molecule has 1 aliphatic carbocycles. The van der Waals surface area contributed by atoms with E-state index in [1.54, 1.807) is 0 Å². The van der Waals surface area contributed by atoms with E-state index in [2.05, 4.69) is 58.4 Å². The van der Waals surface area contributed by atoms with Crippen LogP contribution in [0.2, 0.25) is 0 Å². The van der Waals surface area contributed by atoms with Gasteiger partial charge in [-0.2, -0.15) is 5.10 Å². The Morgan fingerprint density at radius 1 is 0.805 bits per heavy atom. The molecule has 4 aromatic heterocycles. The van der Waals surface area contributed by atoms with Crippen LogP contribution in [0.5, 0.6) is 0 Å². The molecule has 0 radical (unpaired) electrons. The van der Waals surface area contributed by atoms with Crippen molar-refractivity contribution in [1.29, 1.82) is 0 Å². The molecule has 0 saturated carbocycles. The largest absolute Gasteiger partial charge is 0.378 e. The molecule has 0 spiro atoms. The average molecular weight is 543 g/mol. The summed E-state index contributed by atoms with van der Waals surface area (Å²) in [5.74, 6) is 0. The van der Waals surface area contributed by atoms with Gasteiger partial charge in [0.1, 0.15) is 0 Å². The minimum atomic E-state index is 0.645. The molecule has 2 bridgehead atoms. The maximum Gasteiger partial charge on any atom is 0.181 e. The molecule has 5 aromatic rings. The van der Waals surface area contributed by atoms with Crippen molar-refractivity contribution in [2.75, 3.05) is 13.2 Å². The number of hydrogen-bond donors (Lipinski definition) is 1. The zero-order valence-corrected chi connectivity index (χ0v) is 23.6. The molecule has 206 valence electrons. The fourth-order valence-electron chi connectivity index (χ4n) is 7.18. The third-order valence-electron chi connectivity index (χ3n) is 9.40. The number of aromatic nitrogens is 5. The number of hydrogen-bond acceptors (Lipinski definition) is 6. The van der Waals surface area contributed by atoms with Crippen LogP contribution in [0.1, 0.15) is 41.6 Å². The first-order valence-corrected chi connectivity index (χ1v) is 14.8. The SMILES string of the molecule is Cc1ccc(C)c(-c2ccc(-c3[nH]nc4ncc(-c5ccc6c(c5)CC[C@@H](N5C7COCC5C7)CC6)cc34)nc2)n1. The van der Waals surface area contributed by atoms with Crippen LogP contribution in [0.4, 0.5) is 0 Å². The van der Waals surface area contributed by atoms with Crippen molar-refractivity contribution in [1.82, 2.24) is 30.0 Å². The van der Waals surface area contributed by atoms with Gasteiger partial charge in [0.15, 0.2) is 5.65 Å². The monoisotopic (exact) mass is 542 g/mol. The van der Waals surface area contributed by atoms with E-state index in [0.29, 0.717) is 23.8 Å². The number of nitrogens with zero attached hydrogens (tertiary/aromatic N) is 5. The van der Waals surface area contributed by atoms with Crippen molar-refractivity contribution in [3.05, 3.63) is 83.3 Å². The van der Waals surface area contributed by atoms with Gasteiger partial charge in [0.2, 0.25) is 0 Å². The normalized spacial score (nSPS) is 22.2. The van der Waals surface area contributed by atoms with E-state index in [9.17, 15) is 0 Å². The number of aromatic amines is 1. The topological polar surface area (TPSA) is 79.8 Å². The number of H-pyrrole nitrogens is 1. The number of pyridine rings is 3. The fourth-order valence-corrected chi connectivity index (χ4v) is 7.18. The second-order valence-corrected chi connectivity index (χ2v) is 12.0. The number of fused-ring (bicyclic) bond motifs is 4. The van der Waals surface area contributed by atoms with E-state index in [-0.39, 0.29) is 0 Å². The summed E-state index contributed by atoms with van der Waals surface area (Å²) >= 11 is 0. The minimum Gasteiger partial charge on any atom is -0.378 e. The van der Waals surface area contributed by atoms with Gasteiger partial charge in [-0.15, -0.1) is 0 Å². The van der Waals surface area contributed by atoms with Crippen LogP contribution < -0.4 is 0 Å². The van der Waals surface area contributed by atoms with Crippen LogP contribution in [0.15, 0.2) is 60.9 Å². The molecular weight excluding hydrogens is 508 g/mol. The van der Waals surface area contributed by atoms with E-state index in [0.717, 1.165) is 70.9 Å². The Bertz CT molecular complexity index is 1750. The first-order valence-electron chi connectivity index (χ1n) is 14.8. The average Bonchev–Trinajstić information content (AvgIpc) is 3.32. The number of ether oxygens (including phenoxy) is 1. The fraction of sp³-hybridized carbons (Fsp3) is 0.353. The third-order valence-corrected chi connectivity index (χ3v) is 9.40. The highest BCUT2D eigenvalue weighted by atomic mass is 16.5. The lowest BCUT2D eigenvalue weighted by Gasteiger charge is -2.56. The predicted molar refractivity (Wildman–Crippen MR) is 161 cm³/mol. The van der Waals surface area contributed by atoms with E-state index in [4.69, 9.17) is 19.7 Å². The molecular formula is C34H34N6O. The maximum absolute atomic E-state index is 5.74. The van der Waals surface area contributed by atoms with Crippen molar-refractivity contribution in [2.45, 2.75) is 64.1 Å². The number of nitrogens with one attached hydrogen (secondary N) is 1. The lowest BCUT2D eigenvalue weighted by molar-refractivity contribution is -0.148. The molecule has 1 aromatic carbocycles. The molecule has 7 nitrogen and oxygen atoms in total. The zero-order valence-electron chi connectivity index (χ0n) is 23.6. The van der Waals surface area contributed by atoms with Gasteiger partial charge < -0.3 is 4.74 Å². The minimum absolute atomic E-state index is 0.645. The lowest BCUT2D eigenvalue weighted by Crippen LogP contribution is -2.66. The van der Waals surface area contributed by atoms with Gasteiger partial charge in [0, 0.05) is 52.7 Å². The van der Waals surface area contributed by atoms with Crippen LogP contribution in [-0.4, -0.2) is 61.4 Å². The Labute approximate surface area is 240 Å². The van der Waals surface area contributed by atoms with Gasteiger partial charge in [0.25, 0.3) is 0 Å². The molecule has 8 rings (SSSR count). The Morgan fingerprint density at radius 2 is 1.61 bits per heavy atom. The van der Waals surface area contributed by atoms with Crippen LogP contribution in [0.3, 0.4) is 0 Å². The van der Waals surface area contributed by atoms with Gasteiger partial charge in [-0.25, -0.2) is 4.98 Å². The molecule has 1 N–H and O–H groups in total. The summed E-state index contributed by atoms with van der Waals surface area (Å²) in [4.78, 5) is 17.0. The standard InChI is InChI=1S/C34H34N6O/c1-20-3-4-21(2)37-32(20)25-9-12-31(35-16-25)33-30-14-26(17-36-34(30)39-38-33)24-6-5-22-7-10-27(11-8-23(22)13-24)40-28-15-29(40)19-41-18-28/h3-6,9,12-14,16-17,27-29H,7-8,10-11,15,18-19H2,1-2H3,(H,36,38,39)/t27-,28?,29?/m0/s1. The Morgan fingerprint density at radius 3 is 2.41 bits per heavy atom. The zero-order chi connectivity index (χ0) is 27.5. The molecule has 2 aliphatic heterocycles. The lowest BCUT2D eigenvalue weighted by atomic mass is 9.87. The number of aryl methyl sites for hydroxylation is 4. The molecule has 7 heteroatoms. The van der Waals surface area contributed by atoms with Gasteiger partial charge >= 0.3 is 0 Å². The maximum atomic E-state index is 5.74. The number of morpholine rings is 1. The van der Waals surface area contributed by atoms with E-state index in [1.165, 1.54) is 36.0 Å². The summed E-state index contributed by atoms with van der Waals surface area (Å²) < 4.78 is 5.74. The van der Waals surface area contributed by atoms with Gasteiger partial charge in [-0.3, -0.25) is 20.0 Å². The molecule has 3 aliphatic rings. The van der Waals surface area contributed by atoms with Crippen LogP contribution in [0.25, 0.3) is 44.8 Å². The summed E-state index contributed by atoms with van der Waals surface area (Å²) in [7, 11) is 0. The van der Waals surface area contributed by atoms with E-state index >= 15 is 0 Å². The van der Waals surface area contributed by atoms with Gasteiger partial charge in [-0.05, 0) is 92.5 Å². The highest BCUT2D eigenvalue weighted by molar-refractivity contribution is 5.92. The van der Waals surface area contributed by atoms with E-state index in [1.807, 2.05) is 31.5 Å². The summed E-state index contributed by atoms with van der Waals surface area (Å²) in [6, 6.07) is 19.4. The third kappa shape index (κ3) is 4.35. The van der Waals surface area contributed by atoms with Crippen molar-refractivity contribution in [3.8, 4) is 33.8 Å². The summed E-state index contributed by atoms with van der Waals surface area (Å²) in [6.45, 7) is 5.93. The molecule has 3 atom stereocenters. The van der Waals surface area contributed by atoms with E-state index < -0.39 is 0 Å². The second-order valence-electron chi connectivity index (χ2n) is 12.0. The summed E-state index contributed by atoms with van der Waals surface area (Å²) in [6.07, 6.45) is 9.92. The summed E-state index contributed by atoms with van der Waals surface area (Å²) in [5, 5.41) is 8.65. The van der Waals surface area contributed by atoms with Crippen molar-refractivity contribution < 1.29 is 4.74 Å². The Hall–Kier alpha value is -3.94. The summed E-state index contributed by atoms with van der Waals surface area (Å²) in [5.41, 5.74) is 11.8. The molecule has 2 unspecified atom stereocenters. The first-order chi connectivity index (χ1) is 20.1. The first kappa shape index (κ1) is 24.8. The van der Waals surface area contributed by atoms with Crippen LogP contribution in [0, 0.1) is 13.8 Å². The molecule has 0 amide bonds. The molecule has 41 heavy (non-hydrogen) atoms. The Kier molecular flexibility index (Phi) is 5.97. The second kappa shape index (κ2) is 9.86. The van der Waals surface area contributed by atoms with Gasteiger partial charge in [0.05, 0.1) is 30.3 Å². The van der Waals surface area contributed by atoms with Crippen molar-refractivity contribution >= 4 is 11.0 Å². The highest BCUT2D eigenvalue weighted by Crippen LogP contribution is 2.38. The highest BCUT2D eigenvalue weighted by Gasteiger charge is 2.45. The number of rotatable bonds is 4. The molecule has 2 fully saturated rings. The number of benzene rings is 1. The van der Waals surface area contributed by atoms with Gasteiger partial charge in [-0.1, -0.05) is 24.3 Å². The van der Waals surface area contributed by atoms with Crippen molar-refractivity contribution in [2.24, 2.45) is 0 Å². The smallest absolute Gasteiger partial charge is 0.181 e.